The summed E-state index contributed by atoms with van der Waals surface area (Å²) < 4.78 is 27.8. The Morgan fingerprint density at radius 1 is 1.48 bits per heavy atom. The second kappa shape index (κ2) is 7.74. The van der Waals surface area contributed by atoms with E-state index >= 15 is 0 Å². The molecule has 0 radical (unpaired) electrons. The highest BCUT2D eigenvalue weighted by Gasteiger charge is 2.37. The lowest BCUT2D eigenvalue weighted by Gasteiger charge is -2.37. The van der Waals surface area contributed by atoms with Gasteiger partial charge in [-0.3, -0.25) is 4.79 Å². The molecule has 8 heteroatoms. The van der Waals surface area contributed by atoms with Crippen LogP contribution < -0.4 is 11.1 Å². The van der Waals surface area contributed by atoms with E-state index in [1.54, 1.807) is 10.4 Å². The van der Waals surface area contributed by atoms with E-state index in [2.05, 4.69) is 12.2 Å². The fraction of sp³-hybridized carbons (Fsp3) is 0.667. The second-order valence-corrected chi connectivity index (χ2v) is 9.28. The highest BCUT2D eigenvalue weighted by atomic mass is 32.2. The van der Waals surface area contributed by atoms with Crippen molar-refractivity contribution in [2.45, 2.75) is 43.4 Å². The molecule has 0 saturated carbocycles. The van der Waals surface area contributed by atoms with Gasteiger partial charge in [-0.1, -0.05) is 6.92 Å². The summed E-state index contributed by atoms with van der Waals surface area (Å²) in [5.41, 5.74) is 5.82. The maximum atomic E-state index is 12.9. The van der Waals surface area contributed by atoms with Crippen LogP contribution in [0.3, 0.4) is 0 Å². The molecule has 2 heterocycles. The molecule has 23 heavy (non-hydrogen) atoms. The van der Waals surface area contributed by atoms with Crippen LogP contribution in [0.5, 0.6) is 0 Å². The zero-order valence-electron chi connectivity index (χ0n) is 13.6. The fourth-order valence-corrected chi connectivity index (χ4v) is 6.22. The van der Waals surface area contributed by atoms with Gasteiger partial charge in [0.2, 0.25) is 5.91 Å². The minimum atomic E-state index is -3.49. The summed E-state index contributed by atoms with van der Waals surface area (Å²) in [7, 11) is -3.49. The Hall–Kier alpha value is -0.960. The third-order valence-corrected chi connectivity index (χ3v) is 7.79. The number of amides is 1. The van der Waals surface area contributed by atoms with Gasteiger partial charge in [-0.15, -0.1) is 11.3 Å². The first kappa shape index (κ1) is 18.4. The summed E-state index contributed by atoms with van der Waals surface area (Å²) in [6.45, 7) is 4.93. The van der Waals surface area contributed by atoms with Gasteiger partial charge in [0, 0.05) is 37.5 Å². The van der Waals surface area contributed by atoms with Crippen molar-refractivity contribution in [3.05, 3.63) is 17.0 Å². The molecule has 1 amide bonds. The molecule has 130 valence electrons. The minimum absolute atomic E-state index is 0.0810. The lowest BCUT2D eigenvalue weighted by atomic mass is 9.93. The third-order valence-electron chi connectivity index (χ3n) is 4.25. The van der Waals surface area contributed by atoms with Crippen molar-refractivity contribution in [2.24, 2.45) is 11.7 Å². The Morgan fingerprint density at radius 2 is 2.22 bits per heavy atom. The van der Waals surface area contributed by atoms with Gasteiger partial charge in [0.05, 0.1) is 0 Å². The van der Waals surface area contributed by atoms with E-state index < -0.39 is 10.0 Å². The Morgan fingerprint density at radius 3 is 2.87 bits per heavy atom. The zero-order chi connectivity index (χ0) is 17.0. The van der Waals surface area contributed by atoms with Crippen LogP contribution in [-0.2, 0) is 21.2 Å². The molecular formula is C15H25N3O3S2. The smallest absolute Gasteiger partial charge is 0.252 e. The quantitative estimate of drug-likeness (QED) is 0.797. The Labute approximate surface area is 142 Å². The minimum Gasteiger partial charge on any atom is -0.356 e. The topological polar surface area (TPSA) is 92.5 Å². The normalized spacial score (nSPS) is 22.9. The number of rotatable bonds is 6. The van der Waals surface area contributed by atoms with Crippen molar-refractivity contribution < 1.29 is 13.2 Å². The summed E-state index contributed by atoms with van der Waals surface area (Å²) >= 11 is 1.28. The zero-order valence-corrected chi connectivity index (χ0v) is 15.3. The second-order valence-electron chi connectivity index (χ2n) is 5.99. The first-order valence-corrected chi connectivity index (χ1v) is 10.2. The Balaban J connectivity index is 2.13. The standard InChI is InChI=1S/C15H25N3O3S2/c1-11-4-3-9-18(14(11)10-16)23(20,21)15-6-5-13(22-15)7-8-17-12(2)19/h5-6,11,14H,3-4,7-10,16H2,1-2H3,(H,17,19)/t11-,14-/m0/s1. The monoisotopic (exact) mass is 359 g/mol. The molecule has 2 rings (SSSR count). The number of sulfonamides is 1. The number of hydrogen-bond donors (Lipinski definition) is 2. The van der Waals surface area contributed by atoms with E-state index in [1.165, 1.54) is 18.3 Å². The average Bonchev–Trinajstić information content (AvgIpc) is 2.96. The number of hydrogen-bond acceptors (Lipinski definition) is 5. The van der Waals surface area contributed by atoms with Crippen LogP contribution in [0, 0.1) is 5.92 Å². The summed E-state index contributed by atoms with van der Waals surface area (Å²) in [5.74, 6) is 0.199. The Bertz CT molecular complexity index is 642. The molecule has 2 atom stereocenters. The van der Waals surface area contributed by atoms with Crippen molar-refractivity contribution >= 4 is 27.3 Å². The molecule has 1 aromatic heterocycles. The van der Waals surface area contributed by atoms with Crippen LogP contribution in [0.15, 0.2) is 16.3 Å². The fourth-order valence-electron chi connectivity index (χ4n) is 2.97. The third kappa shape index (κ3) is 4.32. The SMILES string of the molecule is CC(=O)NCCc1ccc(S(=O)(=O)N2CCC[C@H](C)[C@@H]2CN)s1. The highest BCUT2D eigenvalue weighted by molar-refractivity contribution is 7.91. The summed E-state index contributed by atoms with van der Waals surface area (Å²) in [5, 5.41) is 2.72. The summed E-state index contributed by atoms with van der Waals surface area (Å²) in [6, 6.07) is 3.36. The van der Waals surface area contributed by atoms with E-state index in [1.807, 2.05) is 6.07 Å². The number of thiophene rings is 1. The van der Waals surface area contributed by atoms with Crippen LogP contribution in [0.25, 0.3) is 0 Å². The molecule has 1 aliphatic rings. The molecule has 1 fully saturated rings. The molecule has 0 aromatic carbocycles. The van der Waals surface area contributed by atoms with Gasteiger partial charge in [0.25, 0.3) is 10.0 Å². The predicted molar refractivity (Wildman–Crippen MR) is 91.8 cm³/mol. The van der Waals surface area contributed by atoms with Crippen LogP contribution in [0.4, 0.5) is 0 Å². The van der Waals surface area contributed by atoms with E-state index in [9.17, 15) is 13.2 Å². The predicted octanol–water partition coefficient (Wildman–Crippen LogP) is 1.17. The van der Waals surface area contributed by atoms with E-state index in [0.29, 0.717) is 30.3 Å². The van der Waals surface area contributed by atoms with Crippen molar-refractivity contribution in [1.29, 1.82) is 0 Å². The molecule has 3 N–H and O–H groups in total. The first-order chi connectivity index (χ1) is 10.9. The Kier molecular flexibility index (Phi) is 6.19. The van der Waals surface area contributed by atoms with E-state index in [4.69, 9.17) is 5.73 Å². The van der Waals surface area contributed by atoms with Gasteiger partial charge < -0.3 is 11.1 Å². The van der Waals surface area contributed by atoms with Crippen LogP contribution in [0.1, 0.15) is 31.6 Å². The molecule has 1 saturated heterocycles. The maximum Gasteiger partial charge on any atom is 0.252 e. The van der Waals surface area contributed by atoms with Crippen LogP contribution in [0.2, 0.25) is 0 Å². The molecule has 0 spiro atoms. The maximum absolute atomic E-state index is 12.9. The lowest BCUT2D eigenvalue weighted by Crippen LogP contribution is -2.51. The van der Waals surface area contributed by atoms with E-state index in [0.717, 1.165) is 17.7 Å². The average molecular weight is 360 g/mol. The van der Waals surface area contributed by atoms with E-state index in [-0.39, 0.29) is 17.9 Å². The van der Waals surface area contributed by atoms with Gasteiger partial charge >= 0.3 is 0 Å². The number of carbonyl (C=O) groups is 1. The molecule has 6 nitrogen and oxygen atoms in total. The largest absolute Gasteiger partial charge is 0.356 e. The van der Waals surface area contributed by atoms with Gasteiger partial charge in [0.1, 0.15) is 4.21 Å². The van der Waals surface area contributed by atoms with Gasteiger partial charge in [-0.25, -0.2) is 8.42 Å². The van der Waals surface area contributed by atoms with Crippen molar-refractivity contribution in [3.8, 4) is 0 Å². The van der Waals surface area contributed by atoms with Crippen LogP contribution >= 0.6 is 11.3 Å². The summed E-state index contributed by atoms with van der Waals surface area (Å²) in [6.07, 6.45) is 2.52. The number of piperidine rings is 1. The number of nitrogens with two attached hydrogens (primary N) is 1. The molecular weight excluding hydrogens is 334 g/mol. The van der Waals surface area contributed by atoms with Crippen LogP contribution in [-0.4, -0.2) is 44.3 Å². The molecule has 1 aromatic rings. The molecule has 0 unspecified atom stereocenters. The van der Waals surface area contributed by atoms with Gasteiger partial charge in [-0.05, 0) is 37.3 Å². The first-order valence-electron chi connectivity index (χ1n) is 7.91. The van der Waals surface area contributed by atoms with Gasteiger partial charge in [0.15, 0.2) is 0 Å². The lowest BCUT2D eigenvalue weighted by molar-refractivity contribution is -0.118. The van der Waals surface area contributed by atoms with Crippen molar-refractivity contribution in [3.63, 3.8) is 0 Å². The molecule has 0 bridgehead atoms. The van der Waals surface area contributed by atoms with Crippen molar-refractivity contribution in [2.75, 3.05) is 19.6 Å². The van der Waals surface area contributed by atoms with Gasteiger partial charge in [-0.2, -0.15) is 4.31 Å². The number of nitrogens with one attached hydrogen (secondary N) is 1. The highest BCUT2D eigenvalue weighted by Crippen LogP contribution is 2.31. The summed E-state index contributed by atoms with van der Waals surface area (Å²) in [4.78, 5) is 11.8. The number of nitrogens with zero attached hydrogens (tertiary/aromatic N) is 1. The molecule has 0 aliphatic carbocycles. The molecule has 1 aliphatic heterocycles. The number of carbonyl (C=O) groups excluding carboxylic acids is 1. The van der Waals surface area contributed by atoms with Crippen molar-refractivity contribution in [1.82, 2.24) is 9.62 Å².